The van der Waals surface area contributed by atoms with Gasteiger partial charge in [0.05, 0.1) is 13.2 Å². The number of phosphoric acid groups is 3. The molecule has 10 nitrogen and oxygen atoms in total. The second-order valence-corrected chi connectivity index (χ2v) is 7.23. The standard InChI is InChI=1S/C3H9O10P3/c4-14(5,6)12-15(7,8)13-16(9)10-2-1-3-11-16/h1-3H2,(H,7,8)(H2,4,5,6). The third kappa shape index (κ3) is 5.16. The summed E-state index contributed by atoms with van der Waals surface area (Å²) in [7, 11) is -14.8. The minimum absolute atomic E-state index is 0.0345. The summed E-state index contributed by atoms with van der Waals surface area (Å²) in [5.74, 6) is 0. The van der Waals surface area contributed by atoms with Crippen molar-refractivity contribution in [3.8, 4) is 0 Å². The minimum Gasteiger partial charge on any atom is -0.302 e. The fourth-order valence-electron chi connectivity index (χ4n) is 0.772. The Labute approximate surface area is 89.9 Å². The Hall–Kier alpha value is 0.410. The van der Waals surface area contributed by atoms with Crippen LogP contribution in [0.2, 0.25) is 0 Å². The number of hydrogen-bond donors (Lipinski definition) is 3. The van der Waals surface area contributed by atoms with Gasteiger partial charge in [0.25, 0.3) is 0 Å². The van der Waals surface area contributed by atoms with Crippen LogP contribution in [0.15, 0.2) is 0 Å². The maximum Gasteiger partial charge on any atom is 0.490 e. The molecule has 0 amide bonds. The molecular weight excluding hydrogens is 289 g/mol. The first-order valence-corrected chi connectivity index (χ1v) is 8.31. The van der Waals surface area contributed by atoms with Crippen LogP contribution in [0.5, 0.6) is 0 Å². The Kier molecular flexibility index (Phi) is 4.48. The van der Waals surface area contributed by atoms with Crippen LogP contribution in [-0.2, 0) is 31.4 Å². The summed E-state index contributed by atoms with van der Waals surface area (Å²) in [6.07, 6.45) is 0.405. The van der Waals surface area contributed by atoms with E-state index in [2.05, 4.69) is 17.7 Å². The van der Waals surface area contributed by atoms with Gasteiger partial charge in [0.2, 0.25) is 0 Å². The Morgan fingerprint density at radius 2 is 1.62 bits per heavy atom. The van der Waals surface area contributed by atoms with Crippen molar-refractivity contribution in [1.82, 2.24) is 0 Å². The van der Waals surface area contributed by atoms with E-state index in [0.717, 1.165) is 0 Å². The summed E-state index contributed by atoms with van der Waals surface area (Å²) in [5.41, 5.74) is 0. The lowest BCUT2D eigenvalue weighted by molar-refractivity contribution is 0.0966. The average molecular weight is 298 g/mol. The highest BCUT2D eigenvalue weighted by molar-refractivity contribution is 7.66. The highest BCUT2D eigenvalue weighted by atomic mass is 31.3. The summed E-state index contributed by atoms with van der Waals surface area (Å²) in [5, 5.41) is 0. The first-order valence-electron chi connectivity index (χ1n) is 3.82. The second-order valence-electron chi connectivity index (χ2n) is 2.59. The average Bonchev–Trinajstić information content (AvgIpc) is 1.97. The predicted octanol–water partition coefficient (Wildman–Crippen LogP) is 0.758. The number of phosphoric ester groups is 1. The Bertz CT molecular complexity index is 373. The third-order valence-corrected chi connectivity index (χ3v) is 5.50. The first-order chi connectivity index (χ1) is 7.12. The molecule has 16 heavy (non-hydrogen) atoms. The zero-order valence-corrected chi connectivity index (χ0v) is 10.3. The van der Waals surface area contributed by atoms with Gasteiger partial charge < -0.3 is 14.7 Å². The molecule has 0 aliphatic carbocycles. The number of hydrogen-bond acceptors (Lipinski definition) is 7. The van der Waals surface area contributed by atoms with Crippen molar-refractivity contribution in [1.29, 1.82) is 0 Å². The van der Waals surface area contributed by atoms with Gasteiger partial charge >= 0.3 is 23.5 Å². The maximum absolute atomic E-state index is 11.4. The van der Waals surface area contributed by atoms with E-state index in [0.29, 0.717) is 6.42 Å². The van der Waals surface area contributed by atoms with Gasteiger partial charge in [0, 0.05) is 0 Å². The lowest BCUT2D eigenvalue weighted by Gasteiger charge is -2.23. The minimum atomic E-state index is -5.26. The molecule has 0 radical (unpaired) electrons. The molecule has 1 rings (SSSR count). The molecule has 0 spiro atoms. The SMILES string of the molecule is O=P(O)(O)OP(=O)(O)OP1(=O)OCCCO1. The van der Waals surface area contributed by atoms with Crippen LogP contribution in [0, 0.1) is 0 Å². The lowest BCUT2D eigenvalue weighted by atomic mass is 10.5. The second kappa shape index (κ2) is 4.96. The van der Waals surface area contributed by atoms with Gasteiger partial charge in [-0.05, 0) is 6.42 Å². The largest absolute Gasteiger partial charge is 0.490 e. The van der Waals surface area contributed by atoms with Crippen molar-refractivity contribution in [3.05, 3.63) is 0 Å². The van der Waals surface area contributed by atoms with E-state index in [1.807, 2.05) is 0 Å². The quantitative estimate of drug-likeness (QED) is 0.634. The van der Waals surface area contributed by atoms with Crippen molar-refractivity contribution in [2.75, 3.05) is 13.2 Å². The van der Waals surface area contributed by atoms with Gasteiger partial charge in [0.1, 0.15) is 0 Å². The highest BCUT2D eigenvalue weighted by Gasteiger charge is 2.43. The van der Waals surface area contributed by atoms with Gasteiger partial charge in [-0.1, -0.05) is 0 Å². The highest BCUT2D eigenvalue weighted by Crippen LogP contribution is 2.68. The van der Waals surface area contributed by atoms with Gasteiger partial charge in [-0.2, -0.15) is 8.62 Å². The molecule has 1 aliphatic rings. The van der Waals surface area contributed by atoms with E-state index < -0.39 is 23.5 Å². The summed E-state index contributed by atoms with van der Waals surface area (Å²) in [4.78, 5) is 25.4. The first kappa shape index (κ1) is 14.5. The van der Waals surface area contributed by atoms with E-state index in [4.69, 9.17) is 14.7 Å². The normalized spacial score (nSPS) is 24.9. The van der Waals surface area contributed by atoms with Crippen LogP contribution >= 0.6 is 23.5 Å². The van der Waals surface area contributed by atoms with Crippen molar-refractivity contribution in [2.24, 2.45) is 0 Å². The summed E-state index contributed by atoms with van der Waals surface area (Å²) >= 11 is 0. The van der Waals surface area contributed by atoms with E-state index in [1.165, 1.54) is 0 Å². The molecule has 1 saturated heterocycles. The molecule has 0 aromatic rings. The topological polar surface area (TPSA) is 149 Å². The summed E-state index contributed by atoms with van der Waals surface area (Å²) in [6, 6.07) is 0. The molecule has 0 aromatic heterocycles. The maximum atomic E-state index is 11.4. The fraction of sp³-hybridized carbons (Fsp3) is 1.00. The molecular formula is C3H9O10P3. The van der Waals surface area contributed by atoms with Crippen LogP contribution in [0.4, 0.5) is 0 Å². The van der Waals surface area contributed by atoms with Gasteiger partial charge in [-0.25, -0.2) is 13.7 Å². The Morgan fingerprint density at radius 3 is 2.06 bits per heavy atom. The smallest absolute Gasteiger partial charge is 0.302 e. The van der Waals surface area contributed by atoms with E-state index in [-0.39, 0.29) is 13.2 Å². The van der Waals surface area contributed by atoms with Crippen LogP contribution in [0.25, 0.3) is 0 Å². The molecule has 1 aliphatic heterocycles. The van der Waals surface area contributed by atoms with Gasteiger partial charge in [-0.15, -0.1) is 0 Å². The summed E-state index contributed by atoms with van der Waals surface area (Å²) < 4.78 is 49.0. The molecule has 0 bridgehead atoms. The monoisotopic (exact) mass is 298 g/mol. The zero-order chi connectivity index (χ0) is 12.4. The van der Waals surface area contributed by atoms with Crippen molar-refractivity contribution in [3.63, 3.8) is 0 Å². The molecule has 0 saturated carbocycles. The molecule has 13 heteroatoms. The molecule has 1 heterocycles. The molecule has 96 valence electrons. The van der Waals surface area contributed by atoms with E-state index >= 15 is 0 Å². The molecule has 3 N–H and O–H groups in total. The van der Waals surface area contributed by atoms with Crippen molar-refractivity contribution >= 4 is 23.5 Å². The Morgan fingerprint density at radius 1 is 1.12 bits per heavy atom. The number of rotatable bonds is 4. The fourth-order valence-corrected chi connectivity index (χ4v) is 4.40. The van der Waals surface area contributed by atoms with Crippen molar-refractivity contribution < 1.29 is 46.0 Å². The predicted molar refractivity (Wildman–Crippen MR) is 48.2 cm³/mol. The van der Waals surface area contributed by atoms with E-state index in [9.17, 15) is 13.7 Å². The molecule has 1 unspecified atom stereocenters. The van der Waals surface area contributed by atoms with Crippen LogP contribution in [0.3, 0.4) is 0 Å². The summed E-state index contributed by atoms with van der Waals surface area (Å²) in [6.45, 7) is -0.0691. The lowest BCUT2D eigenvalue weighted by Crippen LogP contribution is -2.09. The van der Waals surface area contributed by atoms with Crippen LogP contribution < -0.4 is 0 Å². The third-order valence-electron chi connectivity index (χ3n) is 1.20. The van der Waals surface area contributed by atoms with E-state index in [1.54, 1.807) is 0 Å². The zero-order valence-electron chi connectivity index (χ0n) is 7.66. The van der Waals surface area contributed by atoms with Crippen molar-refractivity contribution in [2.45, 2.75) is 6.42 Å². The van der Waals surface area contributed by atoms with Gasteiger partial charge in [0.15, 0.2) is 0 Å². The van der Waals surface area contributed by atoms with Gasteiger partial charge in [-0.3, -0.25) is 9.05 Å². The molecule has 1 atom stereocenters. The Balaban J connectivity index is 2.68. The van der Waals surface area contributed by atoms with Crippen LogP contribution in [-0.4, -0.2) is 27.9 Å². The van der Waals surface area contributed by atoms with Crippen LogP contribution in [0.1, 0.15) is 6.42 Å². The molecule has 1 fully saturated rings. The molecule has 0 aromatic carbocycles.